The fourth-order valence-electron chi connectivity index (χ4n) is 4.03. The number of ether oxygens (including phenoxy) is 1. The second-order valence-corrected chi connectivity index (χ2v) is 8.56. The number of pyridine rings is 1. The Morgan fingerprint density at radius 3 is 2.88 bits per heavy atom. The fraction of sp³-hybridized carbons (Fsp3) is 0.478. The molecular formula is C23H30N10O. The minimum absolute atomic E-state index is 0.460. The van der Waals surface area contributed by atoms with Crippen molar-refractivity contribution < 1.29 is 4.74 Å². The molecule has 11 heteroatoms. The Labute approximate surface area is 198 Å². The van der Waals surface area contributed by atoms with Crippen molar-refractivity contribution in [1.82, 2.24) is 45.0 Å². The molecule has 1 aliphatic rings. The van der Waals surface area contributed by atoms with Gasteiger partial charge in [-0.05, 0) is 50.8 Å². The summed E-state index contributed by atoms with van der Waals surface area (Å²) in [5.41, 5.74) is 2.79. The van der Waals surface area contributed by atoms with Crippen molar-refractivity contribution in [3.63, 3.8) is 0 Å². The summed E-state index contributed by atoms with van der Waals surface area (Å²) >= 11 is 0. The Kier molecular flexibility index (Phi) is 6.89. The smallest absolute Gasteiger partial charge is 0.229 e. The minimum atomic E-state index is 0.460. The van der Waals surface area contributed by atoms with E-state index in [9.17, 15) is 0 Å². The largest absolute Gasteiger partial charge is 0.478 e. The molecule has 0 amide bonds. The molecule has 1 aliphatic heterocycles. The predicted octanol–water partition coefficient (Wildman–Crippen LogP) is 3.11. The van der Waals surface area contributed by atoms with Crippen molar-refractivity contribution in [3.05, 3.63) is 36.9 Å². The van der Waals surface area contributed by atoms with Gasteiger partial charge in [0.25, 0.3) is 0 Å². The predicted molar refractivity (Wildman–Crippen MR) is 128 cm³/mol. The number of rotatable bonds is 10. The van der Waals surface area contributed by atoms with Gasteiger partial charge in [0.1, 0.15) is 0 Å². The summed E-state index contributed by atoms with van der Waals surface area (Å²) in [4.78, 5) is 13.4. The Bertz CT molecular complexity index is 1200. The number of aromatic nitrogens is 8. The van der Waals surface area contributed by atoms with Crippen LogP contribution in [-0.4, -0.2) is 59.4 Å². The highest BCUT2D eigenvalue weighted by Crippen LogP contribution is 2.20. The van der Waals surface area contributed by atoms with Crippen LogP contribution in [0.15, 0.2) is 36.9 Å². The van der Waals surface area contributed by atoms with Crippen LogP contribution in [0.4, 0.5) is 11.6 Å². The molecule has 178 valence electrons. The Morgan fingerprint density at radius 1 is 1.15 bits per heavy atom. The van der Waals surface area contributed by atoms with Crippen LogP contribution in [0, 0.1) is 5.92 Å². The number of nitrogens with zero attached hydrogens (tertiary/aromatic N) is 8. The number of anilines is 2. The lowest BCUT2D eigenvalue weighted by atomic mass is 9.95. The van der Waals surface area contributed by atoms with Gasteiger partial charge >= 0.3 is 0 Å². The molecule has 1 saturated heterocycles. The van der Waals surface area contributed by atoms with Gasteiger partial charge in [0.2, 0.25) is 11.8 Å². The first kappa shape index (κ1) is 22.2. The topological polar surface area (TPSA) is 120 Å². The zero-order valence-corrected chi connectivity index (χ0v) is 19.4. The average molecular weight is 463 g/mol. The highest BCUT2D eigenvalue weighted by molar-refractivity contribution is 5.72. The maximum Gasteiger partial charge on any atom is 0.229 e. The van der Waals surface area contributed by atoms with E-state index in [1.165, 1.54) is 12.8 Å². The van der Waals surface area contributed by atoms with E-state index in [0.29, 0.717) is 29.6 Å². The van der Waals surface area contributed by atoms with Gasteiger partial charge < -0.3 is 15.4 Å². The number of hydrogen-bond acceptors (Lipinski definition) is 9. The molecule has 2 N–H and O–H groups in total. The maximum atomic E-state index is 5.64. The van der Waals surface area contributed by atoms with Crippen LogP contribution in [0.25, 0.3) is 16.9 Å². The molecule has 4 aromatic rings. The summed E-state index contributed by atoms with van der Waals surface area (Å²) in [5, 5.41) is 19.5. The molecule has 0 saturated carbocycles. The van der Waals surface area contributed by atoms with Gasteiger partial charge in [-0.1, -0.05) is 18.6 Å². The maximum absolute atomic E-state index is 5.64. The quantitative estimate of drug-likeness (QED) is 0.342. The van der Waals surface area contributed by atoms with Gasteiger partial charge in [0.15, 0.2) is 11.2 Å². The van der Waals surface area contributed by atoms with Crippen LogP contribution in [0.5, 0.6) is 5.88 Å². The first-order valence-electron chi connectivity index (χ1n) is 12.0. The lowest BCUT2D eigenvalue weighted by Crippen LogP contribution is -2.28. The van der Waals surface area contributed by atoms with Crippen LogP contribution < -0.4 is 15.4 Å². The number of hydrogen-bond donors (Lipinski definition) is 2. The number of piperidine rings is 1. The molecule has 0 unspecified atom stereocenters. The summed E-state index contributed by atoms with van der Waals surface area (Å²) in [5.74, 6) is 1.82. The SMILES string of the molecule is CCCCOc1ccc(-n2nnc3cnc(Nc4cnn(CCC5CCNCC5)c4)nc32)cn1. The summed E-state index contributed by atoms with van der Waals surface area (Å²) < 4.78 is 9.27. The van der Waals surface area contributed by atoms with Crippen molar-refractivity contribution in [3.8, 4) is 11.6 Å². The summed E-state index contributed by atoms with van der Waals surface area (Å²) in [7, 11) is 0. The van der Waals surface area contributed by atoms with E-state index in [1.54, 1.807) is 23.3 Å². The molecule has 5 rings (SSSR count). The summed E-state index contributed by atoms with van der Waals surface area (Å²) in [6, 6.07) is 3.72. The van der Waals surface area contributed by atoms with Gasteiger partial charge in [0.05, 0.1) is 36.6 Å². The van der Waals surface area contributed by atoms with E-state index < -0.39 is 0 Å². The molecule has 1 fully saturated rings. The molecule has 0 radical (unpaired) electrons. The summed E-state index contributed by atoms with van der Waals surface area (Å²) in [6.07, 6.45) is 12.9. The van der Waals surface area contributed by atoms with E-state index >= 15 is 0 Å². The van der Waals surface area contributed by atoms with Gasteiger partial charge in [-0.2, -0.15) is 14.8 Å². The first-order chi connectivity index (χ1) is 16.8. The molecule has 11 nitrogen and oxygen atoms in total. The van der Waals surface area contributed by atoms with Crippen molar-refractivity contribution in [2.75, 3.05) is 25.0 Å². The molecule has 0 aromatic carbocycles. The molecule has 0 spiro atoms. The number of fused-ring (bicyclic) bond motifs is 1. The van der Waals surface area contributed by atoms with Crippen LogP contribution >= 0.6 is 0 Å². The van der Waals surface area contributed by atoms with E-state index in [4.69, 9.17) is 4.74 Å². The molecular weight excluding hydrogens is 432 g/mol. The minimum Gasteiger partial charge on any atom is -0.478 e. The van der Waals surface area contributed by atoms with E-state index in [2.05, 4.69) is 47.9 Å². The molecule has 34 heavy (non-hydrogen) atoms. The number of unbranched alkanes of at least 4 members (excludes halogenated alkanes) is 1. The van der Waals surface area contributed by atoms with Gasteiger partial charge in [-0.3, -0.25) is 4.68 Å². The number of aryl methyl sites for hydroxylation is 1. The van der Waals surface area contributed by atoms with E-state index in [1.807, 2.05) is 23.0 Å². The van der Waals surface area contributed by atoms with E-state index in [0.717, 1.165) is 56.2 Å². The lowest BCUT2D eigenvalue weighted by molar-refractivity contribution is 0.298. The van der Waals surface area contributed by atoms with Crippen molar-refractivity contribution in [2.24, 2.45) is 5.92 Å². The highest BCUT2D eigenvalue weighted by atomic mass is 16.5. The first-order valence-corrected chi connectivity index (χ1v) is 12.0. The Balaban J connectivity index is 1.25. The third kappa shape index (κ3) is 5.30. The lowest BCUT2D eigenvalue weighted by Gasteiger charge is -2.22. The summed E-state index contributed by atoms with van der Waals surface area (Å²) in [6.45, 7) is 5.94. The third-order valence-electron chi connectivity index (χ3n) is 6.02. The zero-order valence-electron chi connectivity index (χ0n) is 19.4. The van der Waals surface area contributed by atoms with Gasteiger partial charge in [-0.15, -0.1) is 5.10 Å². The van der Waals surface area contributed by atoms with Crippen LogP contribution in [0.1, 0.15) is 39.0 Å². The van der Waals surface area contributed by atoms with Crippen LogP contribution in [0.2, 0.25) is 0 Å². The third-order valence-corrected chi connectivity index (χ3v) is 6.02. The van der Waals surface area contributed by atoms with Gasteiger partial charge in [-0.25, -0.2) is 9.97 Å². The van der Waals surface area contributed by atoms with Crippen molar-refractivity contribution in [2.45, 2.75) is 45.6 Å². The average Bonchev–Trinajstić information content (AvgIpc) is 3.51. The molecule has 4 aromatic heterocycles. The Hall–Kier alpha value is -3.60. The Morgan fingerprint density at radius 2 is 2.06 bits per heavy atom. The molecule has 0 atom stereocenters. The highest BCUT2D eigenvalue weighted by Gasteiger charge is 2.14. The normalized spacial score (nSPS) is 14.5. The molecule has 0 bridgehead atoms. The second-order valence-electron chi connectivity index (χ2n) is 8.56. The second kappa shape index (κ2) is 10.6. The van der Waals surface area contributed by atoms with Crippen molar-refractivity contribution in [1.29, 1.82) is 0 Å². The standard InChI is InChI=1S/C23H30N10O/c1-2-3-12-34-21-5-4-19(14-25-21)33-22-20(30-31-33)15-26-23(29-22)28-18-13-27-32(16-18)11-8-17-6-9-24-10-7-17/h4-5,13-17,24H,2-3,6-12H2,1H3,(H,26,28,29). The van der Waals surface area contributed by atoms with Crippen LogP contribution in [0.3, 0.4) is 0 Å². The zero-order chi connectivity index (χ0) is 23.2. The number of nitrogens with one attached hydrogen (secondary N) is 2. The molecule has 5 heterocycles. The van der Waals surface area contributed by atoms with E-state index in [-0.39, 0.29) is 0 Å². The van der Waals surface area contributed by atoms with Crippen LogP contribution in [-0.2, 0) is 6.54 Å². The monoisotopic (exact) mass is 462 g/mol. The fourth-order valence-corrected chi connectivity index (χ4v) is 4.03. The van der Waals surface area contributed by atoms with Crippen molar-refractivity contribution >= 4 is 22.8 Å². The van der Waals surface area contributed by atoms with Gasteiger partial charge in [0, 0.05) is 18.8 Å². The molecule has 0 aliphatic carbocycles.